The van der Waals surface area contributed by atoms with E-state index in [9.17, 15) is 0 Å². The van der Waals surface area contributed by atoms with Crippen molar-refractivity contribution in [3.05, 3.63) is 29.6 Å². The maximum Gasteiger partial charge on any atom is 0.0469 e. The molecule has 0 aromatic carbocycles. The lowest BCUT2D eigenvalue weighted by Crippen LogP contribution is -2.35. The minimum absolute atomic E-state index is 0.720. The minimum Gasteiger partial charge on any atom is -0.314 e. The molecule has 3 atom stereocenters. The van der Waals surface area contributed by atoms with Crippen LogP contribution < -0.4 is 5.32 Å². The number of hydrogen-bond donors (Lipinski definition) is 1. The van der Waals surface area contributed by atoms with Crippen molar-refractivity contribution in [3.63, 3.8) is 0 Å². The van der Waals surface area contributed by atoms with Crippen LogP contribution in [0.15, 0.2) is 18.3 Å². The molecule has 0 bridgehead atoms. The van der Waals surface area contributed by atoms with Crippen molar-refractivity contribution < 1.29 is 0 Å². The minimum atomic E-state index is 0.720. The number of aromatic nitrogens is 1. The van der Waals surface area contributed by atoms with Gasteiger partial charge >= 0.3 is 0 Å². The van der Waals surface area contributed by atoms with Gasteiger partial charge in [-0.1, -0.05) is 19.4 Å². The number of rotatable bonds is 4. The van der Waals surface area contributed by atoms with Crippen LogP contribution in [-0.4, -0.2) is 17.6 Å². The van der Waals surface area contributed by atoms with Gasteiger partial charge in [-0.2, -0.15) is 0 Å². The Morgan fingerprint density at radius 2 is 2.28 bits per heavy atom. The molecular formula is C16H24N2. The fourth-order valence-electron chi connectivity index (χ4n) is 3.91. The Bertz CT molecular complexity index is 402. The number of pyridine rings is 1. The highest BCUT2D eigenvalue weighted by atomic mass is 14.9. The Hall–Kier alpha value is -0.890. The van der Waals surface area contributed by atoms with Crippen LogP contribution in [-0.2, 0) is 6.42 Å². The van der Waals surface area contributed by atoms with Gasteiger partial charge in [0.05, 0.1) is 0 Å². The molecule has 18 heavy (non-hydrogen) atoms. The molecule has 98 valence electrons. The van der Waals surface area contributed by atoms with E-state index in [0.29, 0.717) is 0 Å². The first kappa shape index (κ1) is 12.2. The van der Waals surface area contributed by atoms with E-state index < -0.39 is 0 Å². The molecule has 2 aliphatic rings. The highest BCUT2D eigenvalue weighted by Crippen LogP contribution is 2.44. The summed E-state index contributed by atoms with van der Waals surface area (Å²) < 4.78 is 0. The number of nitrogens with one attached hydrogen (secondary N) is 1. The molecule has 3 rings (SSSR count). The smallest absolute Gasteiger partial charge is 0.0469 e. The van der Waals surface area contributed by atoms with E-state index in [1.54, 1.807) is 0 Å². The molecule has 0 amide bonds. The van der Waals surface area contributed by atoms with Gasteiger partial charge in [0.15, 0.2) is 0 Å². The highest BCUT2D eigenvalue weighted by Gasteiger charge is 2.37. The van der Waals surface area contributed by atoms with Gasteiger partial charge < -0.3 is 5.32 Å². The first-order valence-corrected chi connectivity index (χ1v) is 7.57. The lowest BCUT2D eigenvalue weighted by Gasteiger charge is -2.26. The standard InChI is InChI=1S/C16H24N2/c1-2-10-17-15-7-3-6-13(15)14-9-8-12-5-4-11-18-16(12)14/h4-5,11,13-15,17H,2-3,6-10H2,1H3. The molecule has 1 aromatic heterocycles. The molecule has 2 nitrogen and oxygen atoms in total. The summed E-state index contributed by atoms with van der Waals surface area (Å²) in [4.78, 5) is 4.67. The molecular weight excluding hydrogens is 220 g/mol. The van der Waals surface area contributed by atoms with Crippen molar-refractivity contribution in [2.24, 2.45) is 5.92 Å². The maximum absolute atomic E-state index is 4.67. The van der Waals surface area contributed by atoms with Gasteiger partial charge in [0, 0.05) is 23.9 Å². The summed E-state index contributed by atoms with van der Waals surface area (Å²) in [5, 5.41) is 3.76. The quantitative estimate of drug-likeness (QED) is 0.879. The summed E-state index contributed by atoms with van der Waals surface area (Å²) >= 11 is 0. The van der Waals surface area contributed by atoms with E-state index >= 15 is 0 Å². The molecule has 0 saturated heterocycles. The van der Waals surface area contributed by atoms with Crippen LogP contribution in [0.3, 0.4) is 0 Å². The van der Waals surface area contributed by atoms with Gasteiger partial charge in [-0.15, -0.1) is 0 Å². The first-order chi connectivity index (χ1) is 8.90. The van der Waals surface area contributed by atoms with Crippen molar-refractivity contribution in [3.8, 4) is 0 Å². The summed E-state index contributed by atoms with van der Waals surface area (Å²) in [5.41, 5.74) is 2.91. The van der Waals surface area contributed by atoms with Crippen LogP contribution >= 0.6 is 0 Å². The summed E-state index contributed by atoms with van der Waals surface area (Å²) in [5.74, 6) is 1.55. The molecule has 1 fully saturated rings. The van der Waals surface area contributed by atoms with E-state index in [4.69, 9.17) is 0 Å². The molecule has 1 heterocycles. The predicted molar refractivity (Wildman–Crippen MR) is 74.7 cm³/mol. The van der Waals surface area contributed by atoms with E-state index in [2.05, 4.69) is 29.4 Å². The Morgan fingerprint density at radius 1 is 1.33 bits per heavy atom. The van der Waals surface area contributed by atoms with Crippen LogP contribution in [0.1, 0.15) is 56.2 Å². The second-order valence-corrected chi connectivity index (χ2v) is 5.85. The summed E-state index contributed by atoms with van der Waals surface area (Å²) in [6.45, 7) is 3.42. The normalized spacial score (nSPS) is 30.6. The average molecular weight is 244 g/mol. The summed E-state index contributed by atoms with van der Waals surface area (Å²) in [6.07, 6.45) is 9.92. The van der Waals surface area contributed by atoms with Crippen LogP contribution in [0.2, 0.25) is 0 Å². The Balaban J connectivity index is 1.75. The van der Waals surface area contributed by atoms with Gasteiger partial charge in [-0.05, 0) is 56.2 Å². The van der Waals surface area contributed by atoms with Crippen LogP contribution in [0.4, 0.5) is 0 Å². The van der Waals surface area contributed by atoms with E-state index in [0.717, 1.165) is 17.9 Å². The first-order valence-electron chi connectivity index (χ1n) is 7.57. The zero-order valence-corrected chi connectivity index (χ0v) is 11.4. The van der Waals surface area contributed by atoms with Crippen molar-refractivity contribution in [2.45, 2.75) is 57.4 Å². The van der Waals surface area contributed by atoms with Crippen LogP contribution in [0.5, 0.6) is 0 Å². The Labute approximate surface area is 110 Å². The molecule has 0 spiro atoms. The molecule has 1 N–H and O–H groups in total. The summed E-state index contributed by atoms with van der Waals surface area (Å²) in [6, 6.07) is 5.09. The monoisotopic (exact) mass is 244 g/mol. The third-order valence-corrected chi connectivity index (χ3v) is 4.74. The number of fused-ring (bicyclic) bond motifs is 1. The molecule has 1 aromatic rings. The second-order valence-electron chi connectivity index (χ2n) is 5.85. The number of hydrogen-bond acceptors (Lipinski definition) is 2. The van der Waals surface area contributed by atoms with Gasteiger partial charge in [-0.3, -0.25) is 4.98 Å². The highest BCUT2D eigenvalue weighted by molar-refractivity contribution is 5.29. The zero-order chi connectivity index (χ0) is 12.4. The van der Waals surface area contributed by atoms with Crippen LogP contribution in [0.25, 0.3) is 0 Å². The van der Waals surface area contributed by atoms with Crippen molar-refractivity contribution >= 4 is 0 Å². The SMILES string of the molecule is CCCNC1CCCC1C1CCc2cccnc21. The lowest BCUT2D eigenvalue weighted by atomic mass is 9.86. The maximum atomic E-state index is 4.67. The second kappa shape index (κ2) is 5.40. The molecule has 3 unspecified atom stereocenters. The third kappa shape index (κ3) is 2.18. The van der Waals surface area contributed by atoms with E-state index in [1.807, 2.05) is 6.20 Å². The van der Waals surface area contributed by atoms with Gasteiger partial charge in [0.1, 0.15) is 0 Å². The average Bonchev–Trinajstić information content (AvgIpc) is 3.02. The topological polar surface area (TPSA) is 24.9 Å². The Morgan fingerprint density at radius 3 is 3.17 bits per heavy atom. The van der Waals surface area contributed by atoms with Crippen LogP contribution in [0, 0.1) is 5.92 Å². The summed E-state index contributed by atoms with van der Waals surface area (Å²) in [7, 11) is 0. The predicted octanol–water partition coefficient (Wildman–Crippen LogP) is 3.28. The van der Waals surface area contributed by atoms with Gasteiger partial charge in [-0.25, -0.2) is 0 Å². The van der Waals surface area contributed by atoms with Crippen molar-refractivity contribution in [1.82, 2.24) is 10.3 Å². The largest absolute Gasteiger partial charge is 0.314 e. The lowest BCUT2D eigenvalue weighted by molar-refractivity contribution is 0.336. The molecule has 2 heteroatoms. The fourth-order valence-corrected chi connectivity index (χ4v) is 3.91. The third-order valence-electron chi connectivity index (χ3n) is 4.74. The zero-order valence-electron chi connectivity index (χ0n) is 11.4. The van der Waals surface area contributed by atoms with Crippen molar-refractivity contribution in [2.75, 3.05) is 6.54 Å². The van der Waals surface area contributed by atoms with Crippen molar-refractivity contribution in [1.29, 1.82) is 0 Å². The molecule has 1 saturated carbocycles. The number of nitrogens with zero attached hydrogens (tertiary/aromatic N) is 1. The molecule has 2 aliphatic carbocycles. The van der Waals surface area contributed by atoms with Gasteiger partial charge in [0.25, 0.3) is 0 Å². The van der Waals surface area contributed by atoms with E-state index in [1.165, 1.54) is 56.3 Å². The molecule has 0 aliphatic heterocycles. The molecule has 0 radical (unpaired) electrons. The fraction of sp³-hybridized carbons (Fsp3) is 0.688. The Kier molecular flexibility index (Phi) is 3.64. The van der Waals surface area contributed by atoms with Gasteiger partial charge in [0.2, 0.25) is 0 Å². The van der Waals surface area contributed by atoms with E-state index in [-0.39, 0.29) is 0 Å². The number of aryl methyl sites for hydroxylation is 1.